The molecular weight excluding hydrogens is 439 g/mol. The molecule has 1 aliphatic carbocycles. The van der Waals surface area contributed by atoms with Crippen LogP contribution in [0.4, 0.5) is 9.18 Å². The summed E-state index contributed by atoms with van der Waals surface area (Å²) in [4.78, 5) is 27.0. The van der Waals surface area contributed by atoms with E-state index in [9.17, 15) is 22.4 Å². The van der Waals surface area contributed by atoms with Crippen molar-refractivity contribution in [1.29, 1.82) is 0 Å². The molecule has 1 aliphatic heterocycles. The maximum Gasteiger partial charge on any atom is 0.322 e. The van der Waals surface area contributed by atoms with Crippen molar-refractivity contribution in [3.05, 3.63) is 48.4 Å². The van der Waals surface area contributed by atoms with Crippen LogP contribution in [0, 0.1) is 11.9 Å². The van der Waals surface area contributed by atoms with Crippen LogP contribution in [-0.4, -0.2) is 37.4 Å². The van der Waals surface area contributed by atoms with Gasteiger partial charge in [0.15, 0.2) is 5.76 Å². The Labute approximate surface area is 182 Å². The number of hydrogen-bond donors (Lipinski definition) is 3. The van der Waals surface area contributed by atoms with Gasteiger partial charge in [0.2, 0.25) is 16.0 Å². The average molecular weight is 458 g/mol. The van der Waals surface area contributed by atoms with E-state index >= 15 is 0 Å². The molecule has 9 nitrogen and oxygen atoms in total. The van der Waals surface area contributed by atoms with Crippen LogP contribution in [0.3, 0.4) is 0 Å². The Kier molecular flexibility index (Phi) is 4.75. The number of furan rings is 1. The monoisotopic (exact) mass is 458 g/mol. The number of nitrogens with zero attached hydrogens (tertiary/aromatic N) is 1. The summed E-state index contributed by atoms with van der Waals surface area (Å²) in [6.07, 6.45) is 1.61. The molecule has 3 amide bonds. The van der Waals surface area contributed by atoms with Crippen molar-refractivity contribution in [2.24, 2.45) is 5.92 Å². The minimum atomic E-state index is -4.24. The van der Waals surface area contributed by atoms with Crippen molar-refractivity contribution in [1.82, 2.24) is 20.3 Å². The van der Waals surface area contributed by atoms with Gasteiger partial charge in [-0.05, 0) is 37.1 Å². The van der Waals surface area contributed by atoms with Crippen LogP contribution >= 0.6 is 0 Å². The lowest BCUT2D eigenvalue weighted by molar-refractivity contribution is -0.125. The van der Waals surface area contributed by atoms with Gasteiger partial charge in [-0.15, -0.1) is 0 Å². The van der Waals surface area contributed by atoms with Gasteiger partial charge in [0.25, 0.3) is 5.91 Å². The first-order chi connectivity index (χ1) is 15.3. The first kappa shape index (κ1) is 20.6. The Morgan fingerprint density at radius 2 is 2.03 bits per heavy atom. The lowest BCUT2D eigenvalue weighted by Crippen LogP contribution is -2.53. The van der Waals surface area contributed by atoms with Crippen LogP contribution in [0.5, 0.6) is 0 Å². The van der Waals surface area contributed by atoms with Crippen molar-refractivity contribution in [3.63, 3.8) is 0 Å². The Morgan fingerprint density at radius 3 is 2.75 bits per heavy atom. The maximum atomic E-state index is 14.7. The summed E-state index contributed by atoms with van der Waals surface area (Å²) >= 11 is 0. The third kappa shape index (κ3) is 3.33. The van der Waals surface area contributed by atoms with E-state index in [0.717, 1.165) is 11.5 Å². The predicted molar refractivity (Wildman–Crippen MR) is 111 cm³/mol. The number of benzene rings is 1. The molecule has 5 rings (SSSR count). The summed E-state index contributed by atoms with van der Waals surface area (Å²) in [6, 6.07) is 10.8. The van der Waals surface area contributed by atoms with E-state index in [4.69, 9.17) is 4.42 Å². The zero-order valence-electron chi connectivity index (χ0n) is 16.7. The molecule has 32 heavy (non-hydrogen) atoms. The number of rotatable bonds is 5. The number of carbonyl (C=O) groups is 2. The zero-order valence-corrected chi connectivity index (χ0v) is 17.5. The predicted octanol–water partition coefficient (Wildman–Crippen LogP) is 2.29. The van der Waals surface area contributed by atoms with Crippen LogP contribution < -0.4 is 15.4 Å². The van der Waals surface area contributed by atoms with Gasteiger partial charge >= 0.3 is 6.03 Å². The fourth-order valence-electron chi connectivity index (χ4n) is 4.48. The number of halogens is 1. The third-order valence-electron chi connectivity index (χ3n) is 6.09. The van der Waals surface area contributed by atoms with Gasteiger partial charge < -0.3 is 9.73 Å². The van der Waals surface area contributed by atoms with E-state index in [1.807, 2.05) is 12.1 Å². The first-order valence-electron chi connectivity index (χ1n) is 10.1. The van der Waals surface area contributed by atoms with Gasteiger partial charge in [-0.25, -0.2) is 22.9 Å². The quantitative estimate of drug-likeness (QED) is 0.397. The largest absolute Gasteiger partial charge is 0.454 e. The van der Waals surface area contributed by atoms with E-state index < -0.39 is 44.3 Å². The second kappa shape index (κ2) is 7.38. The minimum Gasteiger partial charge on any atom is -0.454 e. The van der Waals surface area contributed by atoms with E-state index in [2.05, 4.69) is 20.3 Å². The second-order valence-corrected chi connectivity index (χ2v) is 9.69. The summed E-state index contributed by atoms with van der Waals surface area (Å²) in [5.41, 5.74) is -0.365. The number of fused-ring (bicyclic) bond motifs is 1. The van der Waals surface area contributed by atoms with E-state index in [1.165, 1.54) is 6.07 Å². The number of imide groups is 1. The van der Waals surface area contributed by atoms with Crippen LogP contribution in [0.2, 0.25) is 0 Å². The molecule has 3 aromatic rings. The van der Waals surface area contributed by atoms with Gasteiger partial charge in [0.1, 0.15) is 21.7 Å². The SMILES string of the molecule is O=C1NC(=O)C2(CCCC2CNS(=O)(=O)c2ccc(-c3cc4ccccc4o3)nc2F)N1. The molecule has 3 N–H and O–H groups in total. The summed E-state index contributed by atoms with van der Waals surface area (Å²) < 4.78 is 48.2. The van der Waals surface area contributed by atoms with E-state index in [1.54, 1.807) is 18.2 Å². The van der Waals surface area contributed by atoms with E-state index in [-0.39, 0.29) is 12.2 Å². The van der Waals surface area contributed by atoms with Gasteiger partial charge in [0, 0.05) is 17.8 Å². The normalized spacial score (nSPS) is 23.1. The highest BCUT2D eigenvalue weighted by Crippen LogP contribution is 2.37. The number of urea groups is 1. The molecule has 2 unspecified atom stereocenters. The molecule has 1 saturated carbocycles. The molecule has 2 aliphatic rings. The zero-order chi connectivity index (χ0) is 22.5. The highest BCUT2D eigenvalue weighted by atomic mass is 32.2. The highest BCUT2D eigenvalue weighted by molar-refractivity contribution is 7.89. The van der Waals surface area contributed by atoms with Gasteiger partial charge in [0.05, 0.1) is 0 Å². The molecule has 3 heterocycles. The standard InChI is InChI=1S/C21H19FN4O5S/c22-18-17(8-7-14(24-18)16-10-12-4-1-2-6-15(12)31-16)32(29,30)23-11-13-5-3-9-21(13)19(27)25-20(28)26-21/h1-2,4,6-8,10,13,23H,3,5,9,11H2,(H2,25,26,27,28). The summed E-state index contributed by atoms with van der Waals surface area (Å²) in [7, 11) is -4.24. The van der Waals surface area contributed by atoms with Crippen LogP contribution in [0.25, 0.3) is 22.4 Å². The summed E-state index contributed by atoms with van der Waals surface area (Å²) in [5.74, 6) is -1.76. The summed E-state index contributed by atoms with van der Waals surface area (Å²) in [6.45, 7) is -0.124. The molecule has 0 bridgehead atoms. The number of nitrogens with one attached hydrogen (secondary N) is 3. The van der Waals surface area contributed by atoms with Crippen molar-refractivity contribution < 1.29 is 26.8 Å². The Morgan fingerprint density at radius 1 is 1.22 bits per heavy atom. The lowest BCUT2D eigenvalue weighted by Gasteiger charge is -2.28. The van der Waals surface area contributed by atoms with Gasteiger partial charge in [-0.3, -0.25) is 10.1 Å². The average Bonchev–Trinajstić information content (AvgIpc) is 3.43. The lowest BCUT2D eigenvalue weighted by atomic mass is 9.87. The highest BCUT2D eigenvalue weighted by Gasteiger charge is 2.54. The number of sulfonamides is 1. The Bertz CT molecular complexity index is 1320. The van der Waals surface area contributed by atoms with E-state index in [0.29, 0.717) is 30.6 Å². The minimum absolute atomic E-state index is 0.124. The molecule has 1 saturated heterocycles. The number of amides is 3. The molecule has 2 atom stereocenters. The van der Waals surface area contributed by atoms with Crippen LogP contribution in [-0.2, 0) is 14.8 Å². The van der Waals surface area contributed by atoms with Crippen LogP contribution in [0.1, 0.15) is 19.3 Å². The number of para-hydroxylation sites is 1. The molecule has 2 aromatic heterocycles. The first-order valence-corrected chi connectivity index (χ1v) is 11.6. The molecule has 1 aromatic carbocycles. The molecule has 1 spiro atoms. The van der Waals surface area contributed by atoms with Crippen molar-refractivity contribution in [3.8, 4) is 11.5 Å². The topological polar surface area (TPSA) is 130 Å². The molecular formula is C21H19FN4O5S. The number of aromatic nitrogens is 1. The fraction of sp³-hybridized carbons (Fsp3) is 0.286. The second-order valence-electron chi connectivity index (χ2n) is 7.95. The number of carbonyl (C=O) groups excluding carboxylic acids is 2. The fourth-order valence-corrected chi connectivity index (χ4v) is 5.57. The number of pyridine rings is 1. The van der Waals surface area contributed by atoms with Crippen molar-refractivity contribution in [2.45, 2.75) is 29.7 Å². The molecule has 11 heteroatoms. The molecule has 166 valence electrons. The molecule has 0 radical (unpaired) electrons. The Hall–Kier alpha value is -3.31. The smallest absolute Gasteiger partial charge is 0.322 e. The third-order valence-corrected chi connectivity index (χ3v) is 7.52. The summed E-state index contributed by atoms with van der Waals surface area (Å²) in [5, 5.41) is 5.64. The van der Waals surface area contributed by atoms with Gasteiger partial charge in [-0.2, -0.15) is 4.39 Å². The van der Waals surface area contributed by atoms with Crippen LogP contribution in [0.15, 0.2) is 51.8 Å². The Balaban J connectivity index is 1.36. The maximum absolute atomic E-state index is 14.7. The molecule has 2 fully saturated rings. The van der Waals surface area contributed by atoms with Crippen molar-refractivity contribution in [2.75, 3.05) is 6.54 Å². The number of hydrogen-bond acceptors (Lipinski definition) is 6. The van der Waals surface area contributed by atoms with Gasteiger partial charge in [-0.1, -0.05) is 24.6 Å². The van der Waals surface area contributed by atoms with Crippen molar-refractivity contribution >= 4 is 32.9 Å².